The van der Waals surface area contributed by atoms with Gasteiger partial charge in [-0.25, -0.2) is 9.18 Å². The van der Waals surface area contributed by atoms with Gasteiger partial charge in [-0.3, -0.25) is 4.79 Å². The zero-order valence-electron chi connectivity index (χ0n) is 12.8. The van der Waals surface area contributed by atoms with Crippen molar-refractivity contribution in [1.82, 2.24) is 5.32 Å². The molecule has 0 spiro atoms. The second-order valence-electron chi connectivity index (χ2n) is 5.18. The molecule has 5 nitrogen and oxygen atoms in total. The Kier molecular flexibility index (Phi) is 7.36. The van der Waals surface area contributed by atoms with Gasteiger partial charge in [-0.05, 0) is 24.5 Å². The van der Waals surface area contributed by atoms with Gasteiger partial charge in [-0.2, -0.15) is 0 Å². The molecule has 0 aliphatic carbocycles. The Labute approximate surface area is 129 Å². The van der Waals surface area contributed by atoms with Crippen LogP contribution in [-0.4, -0.2) is 29.6 Å². The lowest BCUT2D eigenvalue weighted by Gasteiger charge is -2.20. The van der Waals surface area contributed by atoms with Crippen molar-refractivity contribution in [3.63, 3.8) is 0 Å². The summed E-state index contributed by atoms with van der Waals surface area (Å²) in [7, 11) is 0. The van der Waals surface area contributed by atoms with Crippen molar-refractivity contribution in [2.24, 2.45) is 5.92 Å². The van der Waals surface area contributed by atoms with Crippen molar-refractivity contribution in [2.45, 2.75) is 39.2 Å². The van der Waals surface area contributed by atoms with Crippen LogP contribution in [0.1, 0.15) is 33.1 Å². The predicted molar refractivity (Wildman–Crippen MR) is 80.2 cm³/mol. The molecule has 1 aromatic rings. The van der Waals surface area contributed by atoms with Crippen molar-refractivity contribution in [3.8, 4) is 5.75 Å². The van der Waals surface area contributed by atoms with Crippen molar-refractivity contribution in [1.29, 1.82) is 0 Å². The number of carboxylic acid groups (broad SMARTS) is 1. The monoisotopic (exact) mass is 311 g/mol. The number of hydrogen-bond donors (Lipinski definition) is 2. The minimum atomic E-state index is -1.03. The molecule has 6 heteroatoms. The van der Waals surface area contributed by atoms with Crippen molar-refractivity contribution < 1.29 is 23.8 Å². The molecule has 0 unspecified atom stereocenters. The van der Waals surface area contributed by atoms with E-state index in [0.717, 1.165) is 0 Å². The van der Waals surface area contributed by atoms with Crippen LogP contribution in [-0.2, 0) is 9.59 Å². The van der Waals surface area contributed by atoms with E-state index in [1.165, 1.54) is 12.1 Å². The van der Waals surface area contributed by atoms with Crippen LogP contribution in [0.5, 0.6) is 5.75 Å². The van der Waals surface area contributed by atoms with Gasteiger partial charge in [0.25, 0.3) is 0 Å². The highest BCUT2D eigenvalue weighted by Gasteiger charge is 2.24. The molecule has 0 aromatic heterocycles. The van der Waals surface area contributed by atoms with E-state index in [0.29, 0.717) is 18.6 Å². The highest BCUT2D eigenvalue weighted by atomic mass is 19.1. The Balaban J connectivity index is 2.32. The molecule has 2 atom stereocenters. The number of rotatable bonds is 9. The topological polar surface area (TPSA) is 75.6 Å². The second kappa shape index (κ2) is 9.02. The van der Waals surface area contributed by atoms with E-state index in [-0.39, 0.29) is 30.7 Å². The summed E-state index contributed by atoms with van der Waals surface area (Å²) in [5.41, 5.74) is 0. The predicted octanol–water partition coefficient (Wildman–Crippen LogP) is 2.60. The van der Waals surface area contributed by atoms with Crippen LogP contribution in [0.15, 0.2) is 24.3 Å². The molecule has 1 aromatic carbocycles. The molecule has 0 fully saturated rings. The summed E-state index contributed by atoms with van der Waals surface area (Å²) in [5.74, 6) is -1.46. The van der Waals surface area contributed by atoms with Gasteiger partial charge >= 0.3 is 5.97 Å². The van der Waals surface area contributed by atoms with Gasteiger partial charge in [-0.15, -0.1) is 0 Å². The number of halogens is 1. The van der Waals surface area contributed by atoms with Gasteiger partial charge in [0.1, 0.15) is 17.6 Å². The lowest BCUT2D eigenvalue weighted by Crippen LogP contribution is -2.45. The molecule has 0 radical (unpaired) electrons. The number of carbonyl (C=O) groups excluding carboxylic acids is 1. The molecule has 0 saturated carbocycles. The van der Waals surface area contributed by atoms with E-state index in [2.05, 4.69) is 5.32 Å². The Morgan fingerprint density at radius 3 is 2.73 bits per heavy atom. The first-order chi connectivity index (χ1) is 10.4. The second-order valence-corrected chi connectivity index (χ2v) is 5.18. The fourth-order valence-corrected chi connectivity index (χ4v) is 1.91. The van der Waals surface area contributed by atoms with Crippen LogP contribution >= 0.6 is 0 Å². The van der Waals surface area contributed by atoms with E-state index in [4.69, 9.17) is 9.84 Å². The average Bonchev–Trinajstić information content (AvgIpc) is 2.48. The van der Waals surface area contributed by atoms with Gasteiger partial charge in [0.15, 0.2) is 0 Å². The molecular weight excluding hydrogens is 289 g/mol. The van der Waals surface area contributed by atoms with Gasteiger partial charge < -0.3 is 15.2 Å². The maximum atomic E-state index is 12.9. The van der Waals surface area contributed by atoms with Gasteiger partial charge in [0, 0.05) is 12.5 Å². The zero-order valence-corrected chi connectivity index (χ0v) is 12.8. The number of amides is 1. The summed E-state index contributed by atoms with van der Waals surface area (Å²) in [4.78, 5) is 22.9. The first-order valence-corrected chi connectivity index (χ1v) is 7.34. The Hall–Kier alpha value is -2.11. The van der Waals surface area contributed by atoms with Gasteiger partial charge in [0.05, 0.1) is 6.61 Å². The first kappa shape index (κ1) is 17.9. The quantitative estimate of drug-likeness (QED) is 0.687. The molecule has 122 valence electrons. The van der Waals surface area contributed by atoms with Crippen LogP contribution in [0.2, 0.25) is 0 Å². The van der Waals surface area contributed by atoms with E-state index in [1.807, 2.05) is 6.92 Å². The van der Waals surface area contributed by atoms with E-state index < -0.39 is 12.0 Å². The van der Waals surface area contributed by atoms with Crippen molar-refractivity contribution >= 4 is 11.9 Å². The Bertz CT molecular complexity index is 507. The van der Waals surface area contributed by atoms with Crippen LogP contribution in [0, 0.1) is 11.7 Å². The van der Waals surface area contributed by atoms with Gasteiger partial charge in [-0.1, -0.05) is 26.3 Å². The molecule has 22 heavy (non-hydrogen) atoms. The number of carbonyl (C=O) groups is 2. The molecule has 1 amide bonds. The van der Waals surface area contributed by atoms with Crippen LogP contribution in [0.3, 0.4) is 0 Å². The summed E-state index contributed by atoms with van der Waals surface area (Å²) in [6.45, 7) is 3.92. The largest absolute Gasteiger partial charge is 0.493 e. The minimum Gasteiger partial charge on any atom is -0.493 e. The molecule has 0 aliphatic rings. The average molecular weight is 311 g/mol. The van der Waals surface area contributed by atoms with Crippen LogP contribution in [0.25, 0.3) is 0 Å². The molecule has 0 aliphatic heterocycles. The van der Waals surface area contributed by atoms with E-state index in [1.54, 1.807) is 19.1 Å². The van der Waals surface area contributed by atoms with Crippen LogP contribution in [0.4, 0.5) is 4.39 Å². The third-order valence-corrected chi connectivity index (χ3v) is 3.41. The first-order valence-electron chi connectivity index (χ1n) is 7.34. The molecule has 2 N–H and O–H groups in total. The summed E-state index contributed by atoms with van der Waals surface area (Å²) in [5, 5.41) is 11.6. The molecule has 1 rings (SSSR count). The number of hydrogen-bond acceptors (Lipinski definition) is 3. The smallest absolute Gasteiger partial charge is 0.326 e. The Morgan fingerprint density at radius 2 is 2.14 bits per heavy atom. The number of ether oxygens (including phenoxy) is 1. The fraction of sp³-hybridized carbons (Fsp3) is 0.500. The third-order valence-electron chi connectivity index (χ3n) is 3.41. The van der Waals surface area contributed by atoms with Crippen molar-refractivity contribution in [3.05, 3.63) is 30.1 Å². The summed E-state index contributed by atoms with van der Waals surface area (Å²) in [6.07, 6.45) is 1.25. The van der Waals surface area contributed by atoms with Crippen molar-refractivity contribution in [2.75, 3.05) is 6.61 Å². The summed E-state index contributed by atoms with van der Waals surface area (Å²) >= 11 is 0. The normalized spacial score (nSPS) is 13.2. The summed E-state index contributed by atoms with van der Waals surface area (Å²) in [6, 6.07) is 4.89. The number of aliphatic carboxylic acids is 1. The third kappa shape index (κ3) is 6.11. The Morgan fingerprint density at radius 1 is 1.41 bits per heavy atom. The number of carboxylic acids is 1. The minimum absolute atomic E-state index is 0.134. The molecule has 0 heterocycles. The standard InChI is InChI=1S/C16H22FNO4/c1-3-11(2)15(16(20)21)18-14(19)8-5-9-22-13-7-4-6-12(17)10-13/h4,6-7,10-11,15H,3,5,8-9H2,1-2H3,(H,18,19)(H,20,21)/t11-,15-/m0/s1. The fourth-order valence-electron chi connectivity index (χ4n) is 1.91. The van der Waals surface area contributed by atoms with Gasteiger partial charge in [0.2, 0.25) is 5.91 Å². The maximum absolute atomic E-state index is 12.9. The number of benzene rings is 1. The summed E-state index contributed by atoms with van der Waals surface area (Å²) < 4.78 is 18.3. The lowest BCUT2D eigenvalue weighted by atomic mass is 9.99. The highest BCUT2D eigenvalue weighted by molar-refractivity contribution is 5.83. The lowest BCUT2D eigenvalue weighted by molar-refractivity contribution is -0.143. The maximum Gasteiger partial charge on any atom is 0.326 e. The van der Waals surface area contributed by atoms with Crippen LogP contribution < -0.4 is 10.1 Å². The molecule has 0 bridgehead atoms. The molecule has 0 saturated heterocycles. The number of nitrogens with one attached hydrogen (secondary N) is 1. The van der Waals surface area contributed by atoms with E-state index >= 15 is 0 Å². The highest BCUT2D eigenvalue weighted by Crippen LogP contribution is 2.12. The van der Waals surface area contributed by atoms with E-state index in [9.17, 15) is 14.0 Å². The zero-order chi connectivity index (χ0) is 16.5. The molecular formula is C16H22FNO4. The SMILES string of the molecule is CC[C@H](C)[C@H](NC(=O)CCCOc1cccc(F)c1)C(=O)O.